The van der Waals surface area contributed by atoms with E-state index in [1.807, 2.05) is 18.2 Å². The van der Waals surface area contributed by atoms with Crippen LogP contribution in [0, 0.1) is 5.82 Å². The van der Waals surface area contributed by atoms with E-state index in [9.17, 15) is 9.18 Å². The minimum Gasteiger partial charge on any atom is -0.281 e. The number of rotatable bonds is 5. The second-order valence-corrected chi connectivity index (χ2v) is 7.37. The molecule has 0 saturated heterocycles. The number of thioether (sulfide) groups is 1. The Bertz CT molecular complexity index is 1200. The third-order valence-corrected chi connectivity index (χ3v) is 5.54. The molecule has 0 atom stereocenters. The van der Waals surface area contributed by atoms with Gasteiger partial charge in [-0.2, -0.15) is 0 Å². The van der Waals surface area contributed by atoms with E-state index in [2.05, 4.69) is 15.0 Å². The van der Waals surface area contributed by atoms with E-state index in [1.165, 1.54) is 36.3 Å². The van der Waals surface area contributed by atoms with Crippen LogP contribution in [0.2, 0.25) is 5.02 Å². The monoisotopic (exact) mass is 412 g/mol. The van der Waals surface area contributed by atoms with Crippen LogP contribution in [0.15, 0.2) is 70.9 Å². The fourth-order valence-electron chi connectivity index (χ4n) is 2.70. The van der Waals surface area contributed by atoms with Gasteiger partial charge >= 0.3 is 0 Å². The van der Waals surface area contributed by atoms with Crippen molar-refractivity contribution < 1.29 is 4.39 Å². The van der Waals surface area contributed by atoms with Crippen LogP contribution in [0.3, 0.4) is 0 Å². The summed E-state index contributed by atoms with van der Waals surface area (Å²) in [6.07, 6.45) is 2.97. The molecule has 0 saturated carbocycles. The van der Waals surface area contributed by atoms with E-state index >= 15 is 0 Å². The average Bonchev–Trinajstić information content (AvgIpc) is 2.71. The van der Waals surface area contributed by atoms with Crippen LogP contribution < -0.4 is 5.56 Å². The molecule has 0 radical (unpaired) electrons. The highest BCUT2D eigenvalue weighted by atomic mass is 35.5. The van der Waals surface area contributed by atoms with Crippen LogP contribution in [0.5, 0.6) is 0 Å². The van der Waals surface area contributed by atoms with Crippen molar-refractivity contribution in [3.05, 3.63) is 93.2 Å². The first-order chi connectivity index (χ1) is 13.6. The predicted octanol–water partition coefficient (Wildman–Crippen LogP) is 4.32. The minimum atomic E-state index is -0.288. The number of aromatic nitrogens is 4. The second kappa shape index (κ2) is 8.08. The maximum atomic E-state index is 13.1. The number of hydrogen-bond acceptors (Lipinski definition) is 5. The normalized spacial score (nSPS) is 11.1. The fraction of sp³-hybridized carbons (Fsp3) is 0.100. The Hall–Kier alpha value is -2.77. The Morgan fingerprint density at radius 2 is 1.79 bits per heavy atom. The summed E-state index contributed by atoms with van der Waals surface area (Å²) in [7, 11) is 0. The van der Waals surface area contributed by atoms with Crippen LogP contribution in [-0.2, 0) is 12.3 Å². The van der Waals surface area contributed by atoms with Crippen molar-refractivity contribution in [3.63, 3.8) is 0 Å². The van der Waals surface area contributed by atoms with Crippen molar-refractivity contribution in [2.45, 2.75) is 17.5 Å². The number of hydrogen-bond donors (Lipinski definition) is 0. The molecule has 2 aromatic heterocycles. The maximum Gasteiger partial charge on any atom is 0.282 e. The molecule has 0 aliphatic rings. The molecule has 0 aliphatic carbocycles. The summed E-state index contributed by atoms with van der Waals surface area (Å²) in [4.78, 5) is 25.9. The number of fused-ring (bicyclic) bond motifs is 1. The summed E-state index contributed by atoms with van der Waals surface area (Å²) in [5, 5.41) is 1.07. The van der Waals surface area contributed by atoms with Crippen molar-refractivity contribution in [3.8, 4) is 0 Å². The van der Waals surface area contributed by atoms with Gasteiger partial charge in [-0.15, -0.1) is 0 Å². The first kappa shape index (κ1) is 18.6. The molecule has 0 spiro atoms. The zero-order valence-electron chi connectivity index (χ0n) is 14.5. The van der Waals surface area contributed by atoms with Crippen molar-refractivity contribution in [2.24, 2.45) is 0 Å². The molecule has 140 valence electrons. The van der Waals surface area contributed by atoms with Gasteiger partial charge in [-0.05, 0) is 29.3 Å². The van der Waals surface area contributed by atoms with Gasteiger partial charge in [0, 0.05) is 23.2 Å². The molecule has 5 nitrogen and oxygen atoms in total. The molecule has 8 heteroatoms. The Kier molecular flexibility index (Phi) is 5.36. The van der Waals surface area contributed by atoms with Crippen molar-refractivity contribution in [1.29, 1.82) is 0 Å². The topological polar surface area (TPSA) is 60.7 Å². The smallest absolute Gasteiger partial charge is 0.281 e. The highest BCUT2D eigenvalue weighted by Gasteiger charge is 2.15. The Labute approximate surface area is 169 Å². The van der Waals surface area contributed by atoms with Gasteiger partial charge in [-0.25, -0.2) is 19.3 Å². The van der Waals surface area contributed by atoms with E-state index in [-0.39, 0.29) is 23.4 Å². The lowest BCUT2D eigenvalue weighted by Gasteiger charge is -2.13. The number of benzene rings is 2. The Morgan fingerprint density at radius 1 is 1.04 bits per heavy atom. The van der Waals surface area contributed by atoms with Crippen LogP contribution in [0.1, 0.15) is 11.1 Å². The largest absolute Gasteiger partial charge is 0.282 e. The van der Waals surface area contributed by atoms with Crippen molar-refractivity contribution in [2.75, 3.05) is 0 Å². The summed E-state index contributed by atoms with van der Waals surface area (Å²) in [6, 6.07) is 13.6. The third kappa shape index (κ3) is 3.90. The molecule has 28 heavy (non-hydrogen) atoms. The molecule has 0 aliphatic heterocycles. The van der Waals surface area contributed by atoms with Gasteiger partial charge < -0.3 is 0 Å². The minimum absolute atomic E-state index is 0.209. The number of halogens is 2. The number of nitrogens with zero attached hydrogens (tertiary/aromatic N) is 4. The van der Waals surface area contributed by atoms with Gasteiger partial charge in [0.05, 0.1) is 6.54 Å². The van der Waals surface area contributed by atoms with E-state index in [0.717, 1.165) is 11.1 Å². The third-order valence-electron chi connectivity index (χ3n) is 4.13. The molecular weight excluding hydrogens is 399 g/mol. The first-order valence-electron chi connectivity index (χ1n) is 8.44. The Morgan fingerprint density at radius 3 is 2.57 bits per heavy atom. The standard InChI is InChI=1S/C20H14ClFN4OS/c21-16-4-2-1-3-14(16)11-26-19(27)17-18(24-10-9-23-17)25-20(26)28-12-13-5-7-15(22)8-6-13/h1-10H,11-12H2. The SMILES string of the molecule is O=c1c2nccnc2nc(SCc2ccc(F)cc2)n1Cc1ccccc1Cl. The lowest BCUT2D eigenvalue weighted by atomic mass is 10.2. The predicted molar refractivity (Wildman–Crippen MR) is 108 cm³/mol. The molecule has 4 rings (SSSR count). The molecule has 0 fully saturated rings. The van der Waals surface area contributed by atoms with Crippen LogP contribution in [-0.4, -0.2) is 19.5 Å². The quantitative estimate of drug-likeness (QED) is 0.361. The van der Waals surface area contributed by atoms with Crippen molar-refractivity contribution >= 4 is 34.5 Å². The van der Waals surface area contributed by atoms with E-state index in [1.54, 1.807) is 22.8 Å². The zero-order chi connectivity index (χ0) is 19.5. The van der Waals surface area contributed by atoms with Crippen LogP contribution in [0.4, 0.5) is 4.39 Å². The molecular formula is C20H14ClFN4OS. The maximum absolute atomic E-state index is 13.1. The molecule has 0 N–H and O–H groups in total. The van der Waals surface area contributed by atoms with Gasteiger partial charge in [-0.3, -0.25) is 9.36 Å². The summed E-state index contributed by atoms with van der Waals surface area (Å²) < 4.78 is 14.7. The molecule has 0 bridgehead atoms. The van der Waals surface area contributed by atoms with Gasteiger partial charge in [0.1, 0.15) is 5.82 Å². The van der Waals surface area contributed by atoms with Crippen LogP contribution >= 0.6 is 23.4 Å². The molecule has 2 heterocycles. The molecule has 0 amide bonds. The van der Waals surface area contributed by atoms with Gasteiger partial charge in [0.25, 0.3) is 5.56 Å². The van der Waals surface area contributed by atoms with Crippen molar-refractivity contribution in [1.82, 2.24) is 19.5 Å². The summed E-state index contributed by atoms with van der Waals surface area (Å²) in [6.45, 7) is 0.268. The van der Waals surface area contributed by atoms with E-state index < -0.39 is 0 Å². The molecule has 2 aromatic carbocycles. The highest BCUT2D eigenvalue weighted by Crippen LogP contribution is 2.23. The average molecular weight is 413 g/mol. The van der Waals surface area contributed by atoms with E-state index in [0.29, 0.717) is 21.6 Å². The second-order valence-electron chi connectivity index (χ2n) is 6.02. The summed E-state index contributed by atoms with van der Waals surface area (Å²) in [5.74, 6) is 0.240. The van der Waals surface area contributed by atoms with E-state index in [4.69, 9.17) is 11.6 Å². The lowest BCUT2D eigenvalue weighted by Crippen LogP contribution is -2.25. The molecule has 0 unspecified atom stereocenters. The molecule has 4 aromatic rings. The van der Waals surface area contributed by atoms with Gasteiger partial charge in [0.2, 0.25) is 0 Å². The first-order valence-corrected chi connectivity index (χ1v) is 9.80. The lowest BCUT2D eigenvalue weighted by molar-refractivity contribution is 0.627. The highest BCUT2D eigenvalue weighted by molar-refractivity contribution is 7.98. The van der Waals surface area contributed by atoms with Crippen LogP contribution in [0.25, 0.3) is 11.2 Å². The fourth-order valence-corrected chi connectivity index (χ4v) is 3.84. The zero-order valence-corrected chi connectivity index (χ0v) is 16.1. The Balaban J connectivity index is 1.75. The van der Waals surface area contributed by atoms with Gasteiger partial charge in [-0.1, -0.05) is 53.7 Å². The summed E-state index contributed by atoms with van der Waals surface area (Å²) >= 11 is 7.66. The van der Waals surface area contributed by atoms with Gasteiger partial charge in [0.15, 0.2) is 16.3 Å². The summed E-state index contributed by atoms with van der Waals surface area (Å²) in [5.41, 5.74) is 1.95.